The molecular formula is C10H17F3. The van der Waals surface area contributed by atoms with Gasteiger partial charge in [0.15, 0.2) is 0 Å². The zero-order valence-corrected chi connectivity index (χ0v) is 8.41. The highest BCUT2D eigenvalue weighted by atomic mass is 19.1. The molecule has 0 aliphatic heterocycles. The van der Waals surface area contributed by atoms with E-state index in [9.17, 15) is 13.2 Å². The third-order valence-electron chi connectivity index (χ3n) is 2.30. The second kappa shape index (κ2) is 6.06. The number of hydrogen-bond donors (Lipinski definition) is 0. The highest BCUT2D eigenvalue weighted by Gasteiger charge is 2.17. The van der Waals surface area contributed by atoms with Gasteiger partial charge < -0.3 is 0 Å². The van der Waals surface area contributed by atoms with Crippen molar-refractivity contribution in [3.8, 4) is 0 Å². The normalized spacial score (nSPS) is 18.0. The Morgan fingerprint density at radius 3 is 2.31 bits per heavy atom. The Morgan fingerprint density at radius 2 is 1.92 bits per heavy atom. The molecule has 0 radical (unpaired) electrons. The third kappa shape index (κ3) is 4.34. The molecule has 0 aromatic rings. The number of hydrogen-bond acceptors (Lipinski definition) is 0. The first kappa shape index (κ1) is 12.5. The molecule has 2 atom stereocenters. The summed E-state index contributed by atoms with van der Waals surface area (Å²) in [5, 5.41) is 0. The Morgan fingerprint density at radius 1 is 1.38 bits per heavy atom. The number of halogens is 3. The van der Waals surface area contributed by atoms with Crippen molar-refractivity contribution < 1.29 is 13.2 Å². The maximum atomic E-state index is 13.1. The molecule has 0 aliphatic rings. The summed E-state index contributed by atoms with van der Waals surface area (Å²) in [6, 6.07) is 0. The Balaban J connectivity index is 4.12. The van der Waals surface area contributed by atoms with Gasteiger partial charge in [-0.15, -0.1) is 0 Å². The van der Waals surface area contributed by atoms with Gasteiger partial charge in [-0.3, -0.25) is 0 Å². The van der Waals surface area contributed by atoms with Gasteiger partial charge in [-0.1, -0.05) is 20.3 Å². The monoisotopic (exact) mass is 194 g/mol. The summed E-state index contributed by atoms with van der Waals surface area (Å²) in [7, 11) is 0. The van der Waals surface area contributed by atoms with Crippen molar-refractivity contribution in [2.75, 3.05) is 6.67 Å². The second-order valence-corrected chi connectivity index (χ2v) is 3.42. The minimum Gasteiger partial charge on any atom is -0.247 e. The molecule has 13 heavy (non-hydrogen) atoms. The van der Waals surface area contributed by atoms with E-state index in [0.717, 1.165) is 0 Å². The van der Waals surface area contributed by atoms with Crippen LogP contribution in [0.25, 0.3) is 0 Å². The maximum Gasteiger partial charge on any atom is 0.113 e. The number of allylic oxidation sites excluding steroid dienone is 2. The van der Waals surface area contributed by atoms with E-state index in [1.807, 2.05) is 6.92 Å². The van der Waals surface area contributed by atoms with E-state index in [1.54, 1.807) is 6.92 Å². The summed E-state index contributed by atoms with van der Waals surface area (Å²) in [6.07, 6.45) is -0.819. The average Bonchev–Trinajstić information content (AvgIpc) is 2.14. The predicted octanol–water partition coefficient (Wildman–Crippen LogP) is 3.97. The first-order valence-corrected chi connectivity index (χ1v) is 4.57. The van der Waals surface area contributed by atoms with Crippen molar-refractivity contribution in [1.82, 2.24) is 0 Å². The van der Waals surface area contributed by atoms with Crippen LogP contribution >= 0.6 is 0 Å². The fourth-order valence-corrected chi connectivity index (χ4v) is 0.875. The highest BCUT2D eigenvalue weighted by molar-refractivity contribution is 5.06. The van der Waals surface area contributed by atoms with Crippen LogP contribution in [0.15, 0.2) is 11.4 Å². The fraction of sp³-hybridized carbons (Fsp3) is 0.800. The smallest absolute Gasteiger partial charge is 0.113 e. The molecule has 78 valence electrons. The molecule has 0 saturated carbocycles. The van der Waals surface area contributed by atoms with E-state index >= 15 is 0 Å². The average molecular weight is 194 g/mol. The van der Waals surface area contributed by atoms with Gasteiger partial charge in [0.25, 0.3) is 0 Å². The molecule has 0 aromatic carbocycles. The Kier molecular flexibility index (Phi) is 5.84. The molecule has 0 amide bonds. The van der Waals surface area contributed by atoms with E-state index in [0.29, 0.717) is 6.42 Å². The Hall–Kier alpha value is -0.470. The van der Waals surface area contributed by atoms with Gasteiger partial charge in [-0.05, 0) is 18.4 Å². The van der Waals surface area contributed by atoms with E-state index in [1.165, 1.54) is 6.92 Å². The van der Waals surface area contributed by atoms with Crippen LogP contribution in [0.1, 0.15) is 33.6 Å². The third-order valence-corrected chi connectivity index (χ3v) is 2.30. The summed E-state index contributed by atoms with van der Waals surface area (Å²) < 4.78 is 38.0. The lowest BCUT2D eigenvalue weighted by Crippen LogP contribution is -2.12. The van der Waals surface area contributed by atoms with Crippen molar-refractivity contribution in [3.63, 3.8) is 0 Å². The van der Waals surface area contributed by atoms with Crippen LogP contribution in [0.3, 0.4) is 0 Å². The van der Waals surface area contributed by atoms with Crippen LogP contribution in [0.2, 0.25) is 0 Å². The summed E-state index contributed by atoms with van der Waals surface area (Å²) in [6.45, 7) is 4.08. The second-order valence-electron chi connectivity index (χ2n) is 3.42. The SMILES string of the molecule is CCC(C)C(F)C/C(F)=C(/C)CF. The van der Waals surface area contributed by atoms with Crippen molar-refractivity contribution in [3.05, 3.63) is 11.4 Å². The van der Waals surface area contributed by atoms with Gasteiger partial charge in [0.2, 0.25) is 0 Å². The van der Waals surface area contributed by atoms with Gasteiger partial charge in [0, 0.05) is 6.42 Å². The summed E-state index contributed by atoms with van der Waals surface area (Å²) in [4.78, 5) is 0. The summed E-state index contributed by atoms with van der Waals surface area (Å²) in [5.41, 5.74) is 0.00551. The van der Waals surface area contributed by atoms with Crippen molar-refractivity contribution in [2.45, 2.75) is 39.8 Å². The van der Waals surface area contributed by atoms with E-state index in [2.05, 4.69) is 0 Å². The largest absolute Gasteiger partial charge is 0.247 e. The first-order valence-electron chi connectivity index (χ1n) is 4.57. The van der Waals surface area contributed by atoms with Gasteiger partial charge in [0.1, 0.15) is 18.7 Å². The lowest BCUT2D eigenvalue weighted by molar-refractivity contribution is 0.223. The minimum absolute atomic E-state index is 0.00551. The van der Waals surface area contributed by atoms with Crippen molar-refractivity contribution in [2.24, 2.45) is 5.92 Å². The molecule has 2 unspecified atom stereocenters. The van der Waals surface area contributed by atoms with Gasteiger partial charge in [0.05, 0.1) is 0 Å². The molecule has 0 spiro atoms. The summed E-state index contributed by atoms with van der Waals surface area (Å²) >= 11 is 0. The predicted molar refractivity (Wildman–Crippen MR) is 48.8 cm³/mol. The molecule has 0 bridgehead atoms. The van der Waals surface area contributed by atoms with Gasteiger partial charge in [-0.2, -0.15) is 0 Å². The van der Waals surface area contributed by atoms with Crippen molar-refractivity contribution in [1.29, 1.82) is 0 Å². The molecule has 0 aromatic heterocycles. The molecule has 0 heterocycles. The molecule has 0 nitrogen and oxygen atoms in total. The molecule has 3 heteroatoms. The fourth-order valence-electron chi connectivity index (χ4n) is 0.875. The molecule has 0 N–H and O–H groups in total. The van der Waals surface area contributed by atoms with E-state index in [4.69, 9.17) is 0 Å². The minimum atomic E-state index is -1.20. The van der Waals surface area contributed by atoms with Crippen LogP contribution in [-0.2, 0) is 0 Å². The number of rotatable bonds is 5. The van der Waals surface area contributed by atoms with E-state index in [-0.39, 0.29) is 17.9 Å². The van der Waals surface area contributed by atoms with Crippen LogP contribution < -0.4 is 0 Å². The van der Waals surface area contributed by atoms with Crippen LogP contribution in [-0.4, -0.2) is 12.8 Å². The van der Waals surface area contributed by atoms with Crippen LogP contribution in [0, 0.1) is 5.92 Å². The molecular weight excluding hydrogens is 177 g/mol. The lowest BCUT2D eigenvalue weighted by atomic mass is 9.99. The van der Waals surface area contributed by atoms with Crippen LogP contribution in [0.4, 0.5) is 13.2 Å². The summed E-state index contributed by atoms with van der Waals surface area (Å²) in [5.74, 6) is -0.812. The standard InChI is InChI=1S/C10H17F3/c1-4-7(2)9(12)5-10(13)8(3)6-11/h7,9H,4-6H2,1-3H3/b10-8+. The van der Waals surface area contributed by atoms with Gasteiger partial charge in [-0.25, -0.2) is 13.2 Å². The highest BCUT2D eigenvalue weighted by Crippen LogP contribution is 2.22. The lowest BCUT2D eigenvalue weighted by Gasteiger charge is -2.13. The zero-order valence-electron chi connectivity index (χ0n) is 8.41. The Bertz CT molecular complexity index is 175. The molecule has 0 fully saturated rings. The maximum absolute atomic E-state index is 13.1. The molecule has 0 aliphatic carbocycles. The molecule has 0 saturated heterocycles. The van der Waals surface area contributed by atoms with Crippen molar-refractivity contribution >= 4 is 0 Å². The first-order chi connectivity index (χ1) is 6.02. The number of alkyl halides is 2. The zero-order chi connectivity index (χ0) is 10.4. The van der Waals surface area contributed by atoms with Gasteiger partial charge >= 0.3 is 0 Å². The molecule has 0 rings (SSSR count). The Labute approximate surface area is 77.8 Å². The van der Waals surface area contributed by atoms with Crippen LogP contribution in [0.5, 0.6) is 0 Å². The topological polar surface area (TPSA) is 0 Å². The quantitative estimate of drug-likeness (QED) is 0.621. The van der Waals surface area contributed by atoms with E-state index < -0.39 is 18.7 Å².